The Hall–Kier alpha value is -2.89. The Morgan fingerprint density at radius 1 is 1.18 bits per heavy atom. The van der Waals surface area contributed by atoms with Gasteiger partial charge in [0.25, 0.3) is 0 Å². The number of likely N-dealkylation sites (tertiary alicyclic amines) is 1. The van der Waals surface area contributed by atoms with Gasteiger partial charge < -0.3 is 9.64 Å². The Morgan fingerprint density at radius 3 is 2.57 bits per heavy atom. The molecular formula is C22H27N3O3. The molecule has 1 fully saturated rings. The van der Waals surface area contributed by atoms with Gasteiger partial charge in [-0.25, -0.2) is 4.79 Å². The molecule has 1 aliphatic heterocycles. The van der Waals surface area contributed by atoms with Crippen LogP contribution in [0.3, 0.4) is 0 Å². The summed E-state index contributed by atoms with van der Waals surface area (Å²) in [6.07, 6.45) is 4.44. The number of hydrogen-bond acceptors (Lipinski definition) is 4. The van der Waals surface area contributed by atoms with Crippen LogP contribution < -0.4 is 4.90 Å². The van der Waals surface area contributed by atoms with Crippen molar-refractivity contribution in [1.82, 2.24) is 9.88 Å². The predicted molar refractivity (Wildman–Crippen MR) is 108 cm³/mol. The van der Waals surface area contributed by atoms with Gasteiger partial charge in [-0.1, -0.05) is 24.3 Å². The molecule has 0 spiro atoms. The Balaban J connectivity index is 1.85. The van der Waals surface area contributed by atoms with Crippen LogP contribution in [0.15, 0.2) is 54.9 Å². The van der Waals surface area contributed by atoms with Gasteiger partial charge in [-0.3, -0.25) is 14.7 Å². The maximum absolute atomic E-state index is 13.5. The Kier molecular flexibility index (Phi) is 5.97. The summed E-state index contributed by atoms with van der Waals surface area (Å²) in [5.74, 6) is -0.0987. The van der Waals surface area contributed by atoms with Crippen LogP contribution in [-0.2, 0) is 16.1 Å². The van der Waals surface area contributed by atoms with E-state index in [1.807, 2.05) is 63.2 Å². The molecule has 0 N–H and O–H groups in total. The normalized spacial score (nSPS) is 16.7. The van der Waals surface area contributed by atoms with E-state index in [9.17, 15) is 9.59 Å². The smallest absolute Gasteiger partial charge is 0.410 e. The molecule has 1 atom stereocenters. The minimum absolute atomic E-state index is 0.0987. The van der Waals surface area contributed by atoms with Gasteiger partial charge in [0.2, 0.25) is 5.91 Å². The van der Waals surface area contributed by atoms with Crippen molar-refractivity contribution in [2.45, 2.75) is 51.8 Å². The monoisotopic (exact) mass is 381 g/mol. The molecule has 2 aromatic rings. The molecule has 0 bridgehead atoms. The first kappa shape index (κ1) is 19.9. The average molecular weight is 381 g/mol. The second-order valence-corrected chi connectivity index (χ2v) is 7.95. The van der Waals surface area contributed by atoms with Gasteiger partial charge in [0, 0.05) is 24.6 Å². The molecule has 0 saturated carbocycles. The number of ether oxygens (including phenoxy) is 1. The summed E-state index contributed by atoms with van der Waals surface area (Å²) in [6.45, 7) is 6.42. The molecule has 1 aromatic carbocycles. The van der Waals surface area contributed by atoms with Gasteiger partial charge >= 0.3 is 6.09 Å². The number of amides is 2. The molecule has 0 aliphatic carbocycles. The van der Waals surface area contributed by atoms with E-state index in [-0.39, 0.29) is 5.91 Å². The standard InChI is InChI=1S/C22H27N3O3/c1-22(2,3)28-21(27)24-14-8-12-19(24)20(26)25(18-10-5-4-6-11-18)16-17-9-7-13-23-15-17/h4-7,9-11,13,15,19H,8,12,14,16H2,1-3H3. The number of benzene rings is 1. The summed E-state index contributed by atoms with van der Waals surface area (Å²) in [7, 11) is 0. The fourth-order valence-electron chi connectivity index (χ4n) is 3.32. The molecular weight excluding hydrogens is 354 g/mol. The third-order valence-electron chi connectivity index (χ3n) is 4.56. The molecule has 1 aromatic heterocycles. The summed E-state index contributed by atoms with van der Waals surface area (Å²) in [5, 5.41) is 0. The zero-order chi connectivity index (χ0) is 20.1. The van der Waals surface area contributed by atoms with Crippen molar-refractivity contribution in [3.63, 3.8) is 0 Å². The average Bonchev–Trinajstić information content (AvgIpc) is 3.16. The molecule has 6 heteroatoms. The molecule has 2 heterocycles. The number of hydrogen-bond donors (Lipinski definition) is 0. The Bertz CT molecular complexity index is 803. The van der Waals surface area contributed by atoms with Crippen molar-refractivity contribution in [2.24, 2.45) is 0 Å². The van der Waals surface area contributed by atoms with Crippen molar-refractivity contribution in [2.75, 3.05) is 11.4 Å². The minimum atomic E-state index is -0.595. The van der Waals surface area contributed by atoms with Crippen LogP contribution in [-0.4, -0.2) is 40.1 Å². The zero-order valence-corrected chi connectivity index (χ0v) is 16.7. The van der Waals surface area contributed by atoms with E-state index in [1.54, 1.807) is 22.2 Å². The minimum Gasteiger partial charge on any atom is -0.444 e. The molecule has 148 valence electrons. The second-order valence-electron chi connectivity index (χ2n) is 7.95. The summed E-state index contributed by atoms with van der Waals surface area (Å²) in [4.78, 5) is 33.5. The zero-order valence-electron chi connectivity index (χ0n) is 16.7. The first-order valence-corrected chi connectivity index (χ1v) is 9.60. The highest BCUT2D eigenvalue weighted by Gasteiger charge is 2.39. The number of rotatable bonds is 4. The largest absolute Gasteiger partial charge is 0.444 e. The van der Waals surface area contributed by atoms with Crippen molar-refractivity contribution < 1.29 is 14.3 Å². The molecule has 1 saturated heterocycles. The topological polar surface area (TPSA) is 62.7 Å². The third kappa shape index (κ3) is 4.88. The second kappa shape index (κ2) is 8.42. The molecule has 1 unspecified atom stereocenters. The summed E-state index contributed by atoms with van der Waals surface area (Å²) in [5.41, 5.74) is 1.14. The van der Waals surface area contributed by atoms with Crippen LogP contribution in [0, 0.1) is 0 Å². The molecule has 0 radical (unpaired) electrons. The van der Waals surface area contributed by atoms with Crippen LogP contribution in [0.4, 0.5) is 10.5 Å². The van der Waals surface area contributed by atoms with Gasteiger partial charge in [0.15, 0.2) is 0 Å². The summed E-state index contributed by atoms with van der Waals surface area (Å²) >= 11 is 0. The van der Waals surface area contributed by atoms with Crippen molar-refractivity contribution in [3.05, 3.63) is 60.4 Å². The fraction of sp³-hybridized carbons (Fsp3) is 0.409. The van der Waals surface area contributed by atoms with E-state index in [0.29, 0.717) is 19.5 Å². The van der Waals surface area contributed by atoms with Gasteiger partial charge in [-0.2, -0.15) is 0 Å². The molecule has 1 aliphatic rings. The number of carbonyl (C=O) groups is 2. The van der Waals surface area contributed by atoms with Crippen molar-refractivity contribution in [3.8, 4) is 0 Å². The summed E-state index contributed by atoms with van der Waals surface area (Å²) in [6, 6.07) is 12.8. The van der Waals surface area contributed by atoms with E-state index >= 15 is 0 Å². The number of nitrogens with zero attached hydrogens (tertiary/aromatic N) is 3. The quantitative estimate of drug-likeness (QED) is 0.803. The van der Waals surface area contributed by atoms with Crippen LogP contribution >= 0.6 is 0 Å². The highest BCUT2D eigenvalue weighted by atomic mass is 16.6. The van der Waals surface area contributed by atoms with Crippen molar-refractivity contribution >= 4 is 17.7 Å². The fourth-order valence-corrected chi connectivity index (χ4v) is 3.32. The lowest BCUT2D eigenvalue weighted by Gasteiger charge is -2.32. The van der Waals surface area contributed by atoms with Gasteiger partial charge in [-0.15, -0.1) is 0 Å². The highest BCUT2D eigenvalue weighted by molar-refractivity contribution is 5.98. The number of aromatic nitrogens is 1. The van der Waals surface area contributed by atoms with Gasteiger partial charge in [0.1, 0.15) is 11.6 Å². The van der Waals surface area contributed by atoms with Gasteiger partial charge in [0.05, 0.1) is 6.54 Å². The SMILES string of the molecule is CC(C)(C)OC(=O)N1CCCC1C(=O)N(Cc1cccnc1)c1ccccc1. The summed E-state index contributed by atoms with van der Waals surface area (Å²) < 4.78 is 5.51. The molecule has 28 heavy (non-hydrogen) atoms. The molecule has 6 nitrogen and oxygen atoms in total. The lowest BCUT2D eigenvalue weighted by Crippen LogP contribution is -2.49. The van der Waals surface area contributed by atoms with Gasteiger partial charge in [-0.05, 0) is 57.4 Å². The molecule has 2 amide bonds. The van der Waals surface area contributed by atoms with Crippen LogP contribution in [0.1, 0.15) is 39.2 Å². The Labute approximate surface area is 166 Å². The van der Waals surface area contributed by atoms with E-state index in [2.05, 4.69) is 4.98 Å². The number of para-hydroxylation sites is 1. The van der Waals surface area contributed by atoms with E-state index in [4.69, 9.17) is 4.74 Å². The number of anilines is 1. The highest BCUT2D eigenvalue weighted by Crippen LogP contribution is 2.26. The van der Waals surface area contributed by atoms with E-state index in [0.717, 1.165) is 17.7 Å². The van der Waals surface area contributed by atoms with Crippen LogP contribution in [0.2, 0.25) is 0 Å². The first-order valence-electron chi connectivity index (χ1n) is 9.60. The van der Waals surface area contributed by atoms with E-state index < -0.39 is 17.7 Å². The number of carbonyl (C=O) groups excluding carboxylic acids is 2. The van der Waals surface area contributed by atoms with Crippen LogP contribution in [0.25, 0.3) is 0 Å². The molecule has 3 rings (SSSR count). The van der Waals surface area contributed by atoms with Crippen LogP contribution in [0.5, 0.6) is 0 Å². The first-order chi connectivity index (χ1) is 13.3. The third-order valence-corrected chi connectivity index (χ3v) is 4.56. The predicted octanol–water partition coefficient (Wildman–Crippen LogP) is 4.01. The Morgan fingerprint density at radius 2 is 1.93 bits per heavy atom. The maximum Gasteiger partial charge on any atom is 0.410 e. The maximum atomic E-state index is 13.5. The van der Waals surface area contributed by atoms with Crippen molar-refractivity contribution in [1.29, 1.82) is 0 Å². The van der Waals surface area contributed by atoms with E-state index in [1.165, 1.54) is 0 Å². The lowest BCUT2D eigenvalue weighted by atomic mass is 10.1. The number of pyridine rings is 1. The lowest BCUT2D eigenvalue weighted by molar-refractivity contribution is -0.123.